The third-order valence-corrected chi connectivity index (χ3v) is 3.70. The van der Waals surface area contributed by atoms with E-state index >= 15 is 0 Å². The molecule has 1 unspecified atom stereocenters. The summed E-state index contributed by atoms with van der Waals surface area (Å²) in [4.78, 5) is 11.9. The first kappa shape index (κ1) is 17.6. The van der Waals surface area contributed by atoms with E-state index in [-0.39, 0.29) is 12.1 Å². The summed E-state index contributed by atoms with van der Waals surface area (Å²) in [5.41, 5.74) is 0.703. The van der Waals surface area contributed by atoms with Crippen molar-refractivity contribution in [2.75, 3.05) is 25.1 Å². The lowest BCUT2D eigenvalue weighted by molar-refractivity contribution is -0.250. The number of carbonyl (C=O) groups excluding carboxylic acids is 1. The Kier molecular flexibility index (Phi) is 6.24. The predicted octanol–water partition coefficient (Wildman–Crippen LogP) is 3.14. The molecule has 1 aromatic rings. The van der Waals surface area contributed by atoms with Gasteiger partial charge in [-0.2, -0.15) is 0 Å². The number of urea groups is 1. The Balaban J connectivity index is 1.78. The Morgan fingerprint density at radius 2 is 1.96 bits per heavy atom. The third kappa shape index (κ3) is 5.73. The van der Waals surface area contributed by atoms with E-state index in [1.807, 2.05) is 38.1 Å². The number of benzene rings is 1. The predicted molar refractivity (Wildman–Crippen MR) is 88.8 cm³/mol. The number of nitrogens with one attached hydrogen (secondary N) is 2. The number of hydrogen-bond donors (Lipinski definition) is 2. The maximum Gasteiger partial charge on any atom is 0.319 e. The van der Waals surface area contributed by atoms with Gasteiger partial charge in [0.05, 0.1) is 25.9 Å². The smallest absolute Gasteiger partial charge is 0.319 e. The summed E-state index contributed by atoms with van der Waals surface area (Å²) in [6.07, 6.45) is 2.01. The molecule has 1 heterocycles. The Hall–Kier alpha value is -1.79. The number of rotatable bonds is 6. The van der Waals surface area contributed by atoms with Gasteiger partial charge < -0.3 is 24.8 Å². The first-order chi connectivity index (χ1) is 11.0. The summed E-state index contributed by atoms with van der Waals surface area (Å²) in [6.45, 7) is 7.52. The normalized spacial score (nSPS) is 18.0. The van der Waals surface area contributed by atoms with Crippen LogP contribution in [0.25, 0.3) is 0 Å². The second-order valence-corrected chi connectivity index (χ2v) is 5.85. The summed E-state index contributed by atoms with van der Waals surface area (Å²) >= 11 is 0. The summed E-state index contributed by atoms with van der Waals surface area (Å²) in [6, 6.07) is 7.02. The van der Waals surface area contributed by atoms with Crippen LogP contribution in [0.1, 0.15) is 33.6 Å². The van der Waals surface area contributed by atoms with Crippen molar-refractivity contribution < 1.29 is 19.0 Å². The molecule has 0 aliphatic carbocycles. The largest absolute Gasteiger partial charge is 0.491 e. The fourth-order valence-electron chi connectivity index (χ4n) is 2.13. The van der Waals surface area contributed by atoms with E-state index in [4.69, 9.17) is 14.2 Å². The van der Waals surface area contributed by atoms with Gasteiger partial charge in [-0.25, -0.2) is 4.79 Å². The number of anilines is 1. The van der Waals surface area contributed by atoms with Crippen LogP contribution >= 0.6 is 0 Å². The maximum atomic E-state index is 11.9. The lowest BCUT2D eigenvalue weighted by atomic mass is 10.2. The molecule has 128 valence electrons. The Morgan fingerprint density at radius 1 is 1.30 bits per heavy atom. The summed E-state index contributed by atoms with van der Waals surface area (Å²) < 4.78 is 16.8. The number of hydrogen-bond acceptors (Lipinski definition) is 4. The van der Waals surface area contributed by atoms with Gasteiger partial charge in [0.25, 0.3) is 0 Å². The second kappa shape index (κ2) is 8.17. The number of carbonyl (C=O) groups is 1. The van der Waals surface area contributed by atoms with E-state index in [0.29, 0.717) is 25.4 Å². The van der Waals surface area contributed by atoms with Gasteiger partial charge in [0.1, 0.15) is 5.75 Å². The highest BCUT2D eigenvalue weighted by Crippen LogP contribution is 2.18. The quantitative estimate of drug-likeness (QED) is 0.844. The van der Waals surface area contributed by atoms with E-state index in [0.717, 1.165) is 18.6 Å². The van der Waals surface area contributed by atoms with Crippen molar-refractivity contribution in [3.05, 3.63) is 24.3 Å². The van der Waals surface area contributed by atoms with Crippen molar-refractivity contribution in [2.24, 2.45) is 0 Å². The molecule has 2 rings (SSSR count). The van der Waals surface area contributed by atoms with Crippen molar-refractivity contribution in [1.29, 1.82) is 0 Å². The maximum absolute atomic E-state index is 11.9. The van der Waals surface area contributed by atoms with Gasteiger partial charge in [-0.05, 0) is 51.0 Å². The molecule has 1 atom stereocenters. The van der Waals surface area contributed by atoms with Gasteiger partial charge >= 0.3 is 6.03 Å². The van der Waals surface area contributed by atoms with E-state index in [1.165, 1.54) is 0 Å². The second-order valence-electron chi connectivity index (χ2n) is 5.85. The first-order valence-electron chi connectivity index (χ1n) is 8.10. The molecule has 1 aromatic carbocycles. The minimum absolute atomic E-state index is 0.174. The fraction of sp³-hybridized carbons (Fsp3) is 0.588. The van der Waals surface area contributed by atoms with Crippen LogP contribution in [0.15, 0.2) is 24.3 Å². The molecule has 2 amide bonds. The summed E-state index contributed by atoms with van der Waals surface area (Å²) in [5.74, 6) is 0.0469. The highest BCUT2D eigenvalue weighted by molar-refractivity contribution is 5.89. The molecule has 2 N–H and O–H groups in total. The zero-order valence-electron chi connectivity index (χ0n) is 14.1. The molecule has 1 aliphatic rings. The molecule has 6 heteroatoms. The van der Waals surface area contributed by atoms with Crippen molar-refractivity contribution in [3.8, 4) is 5.75 Å². The lowest BCUT2D eigenvalue weighted by Gasteiger charge is -2.33. The van der Waals surface area contributed by atoms with Crippen molar-refractivity contribution in [1.82, 2.24) is 5.32 Å². The molecule has 0 radical (unpaired) electrons. The van der Waals surface area contributed by atoms with Gasteiger partial charge in [-0.3, -0.25) is 0 Å². The van der Waals surface area contributed by atoms with Gasteiger partial charge in [0, 0.05) is 5.69 Å². The SMILES string of the molecule is CCC(C)Oc1ccc(NC(=O)NCC2(C)OCCCO2)cc1. The zero-order chi connectivity index (χ0) is 16.7. The van der Waals surface area contributed by atoms with Crippen LogP contribution in [-0.4, -0.2) is 37.7 Å². The average molecular weight is 322 g/mol. The van der Waals surface area contributed by atoms with Gasteiger partial charge in [0.15, 0.2) is 5.79 Å². The van der Waals surface area contributed by atoms with E-state index < -0.39 is 5.79 Å². The number of amides is 2. The highest BCUT2D eigenvalue weighted by Gasteiger charge is 2.29. The topological polar surface area (TPSA) is 68.8 Å². The van der Waals surface area contributed by atoms with Crippen LogP contribution in [-0.2, 0) is 9.47 Å². The monoisotopic (exact) mass is 322 g/mol. The molecule has 0 saturated carbocycles. The molecular weight excluding hydrogens is 296 g/mol. The highest BCUT2D eigenvalue weighted by atomic mass is 16.7. The molecule has 1 saturated heterocycles. The van der Waals surface area contributed by atoms with E-state index in [1.54, 1.807) is 0 Å². The van der Waals surface area contributed by atoms with Crippen LogP contribution in [0.2, 0.25) is 0 Å². The molecule has 0 aromatic heterocycles. The summed E-state index contributed by atoms with van der Waals surface area (Å²) in [7, 11) is 0. The van der Waals surface area contributed by atoms with Crippen molar-refractivity contribution >= 4 is 11.7 Å². The van der Waals surface area contributed by atoms with E-state index in [9.17, 15) is 4.79 Å². The Morgan fingerprint density at radius 3 is 2.57 bits per heavy atom. The fourth-order valence-corrected chi connectivity index (χ4v) is 2.13. The molecule has 1 fully saturated rings. The molecule has 23 heavy (non-hydrogen) atoms. The molecule has 1 aliphatic heterocycles. The van der Waals surface area contributed by atoms with Crippen LogP contribution in [0.3, 0.4) is 0 Å². The zero-order valence-corrected chi connectivity index (χ0v) is 14.1. The van der Waals surface area contributed by atoms with E-state index in [2.05, 4.69) is 17.6 Å². The van der Waals surface area contributed by atoms with Crippen LogP contribution < -0.4 is 15.4 Å². The number of ether oxygens (including phenoxy) is 3. The standard InChI is InChI=1S/C17H26N2O4/c1-4-13(2)23-15-8-6-14(7-9-15)19-16(20)18-12-17(3)21-10-5-11-22-17/h6-9,13H,4-5,10-12H2,1-3H3,(H2,18,19,20). The average Bonchev–Trinajstić information content (AvgIpc) is 2.55. The lowest BCUT2D eigenvalue weighted by Crippen LogP contribution is -2.48. The van der Waals surface area contributed by atoms with Crippen LogP contribution in [0.4, 0.5) is 10.5 Å². The van der Waals surface area contributed by atoms with Crippen molar-refractivity contribution in [3.63, 3.8) is 0 Å². The molecular formula is C17H26N2O4. The van der Waals surface area contributed by atoms with Gasteiger partial charge in [-0.1, -0.05) is 6.92 Å². The van der Waals surface area contributed by atoms with Gasteiger partial charge in [0.2, 0.25) is 0 Å². The minimum Gasteiger partial charge on any atom is -0.491 e. The molecule has 0 bridgehead atoms. The van der Waals surface area contributed by atoms with Crippen LogP contribution in [0, 0.1) is 0 Å². The van der Waals surface area contributed by atoms with Crippen molar-refractivity contribution in [2.45, 2.75) is 45.5 Å². The Bertz CT molecular complexity index is 498. The van der Waals surface area contributed by atoms with Gasteiger partial charge in [-0.15, -0.1) is 0 Å². The Labute approximate surface area is 137 Å². The molecule has 6 nitrogen and oxygen atoms in total. The third-order valence-electron chi connectivity index (χ3n) is 3.70. The minimum atomic E-state index is -0.746. The first-order valence-corrected chi connectivity index (χ1v) is 8.10. The molecule has 0 spiro atoms. The van der Waals surface area contributed by atoms with Crippen LogP contribution in [0.5, 0.6) is 5.75 Å². The summed E-state index contributed by atoms with van der Waals surface area (Å²) in [5, 5.41) is 5.54.